The van der Waals surface area contributed by atoms with Crippen molar-refractivity contribution in [3.05, 3.63) is 367 Å². The third-order valence-corrected chi connectivity index (χ3v) is 31.7. The first-order valence-electron chi connectivity index (χ1n) is 47.7. The van der Waals surface area contributed by atoms with Crippen LogP contribution in [0.4, 0.5) is 47.8 Å². The van der Waals surface area contributed by atoms with Crippen LogP contribution in [0.3, 0.4) is 0 Å². The Morgan fingerprint density at radius 1 is 0.329 bits per heavy atom. The average molecular weight is 2060 g/mol. The molecule has 0 heterocycles. The number of anilines is 3. The molecule has 0 unspecified atom stereocenters. The average Bonchev–Trinajstić information content (AvgIpc) is 0.780. The lowest BCUT2D eigenvalue weighted by atomic mass is 9.84. The van der Waals surface area contributed by atoms with Gasteiger partial charge in [0.2, 0.25) is 47.8 Å². The Labute approximate surface area is 843 Å². The number of sulfonamides is 3. The number of para-hydroxylation sites is 1. The van der Waals surface area contributed by atoms with E-state index in [0.29, 0.717) is 33.2 Å². The highest BCUT2D eigenvalue weighted by atomic mass is 32.2. The molecule has 0 atom stereocenters. The molecule has 0 bridgehead atoms. The summed E-state index contributed by atoms with van der Waals surface area (Å²) in [6.45, 7) is 3.30. The maximum atomic E-state index is 14.2. The van der Waals surface area contributed by atoms with Crippen LogP contribution in [-0.2, 0) is 89.9 Å². The fourth-order valence-electron chi connectivity index (χ4n) is 18.2. The number of rotatable bonds is 34. The van der Waals surface area contributed by atoms with Gasteiger partial charge in [-0.3, -0.25) is 14.4 Å². The van der Waals surface area contributed by atoms with Crippen molar-refractivity contribution in [2.45, 2.75) is 208 Å². The number of alkyl halides is 6. The maximum Gasteiger partial charge on any atom is 0.573 e. The summed E-state index contributed by atoms with van der Waals surface area (Å²) in [5.41, 5.74) is 6.98. The molecule has 12 aromatic rings. The zero-order valence-corrected chi connectivity index (χ0v) is 83.1. The predicted octanol–water partition coefficient (Wildman–Crippen LogP) is 23.0. The van der Waals surface area contributed by atoms with Crippen LogP contribution in [0.25, 0.3) is 0 Å². The number of hydrogen-bond donors (Lipinski definition) is 6. The predicted molar refractivity (Wildman–Crippen MR) is 538 cm³/mol. The second kappa shape index (κ2) is 48.3. The minimum atomic E-state index is -5.06. The van der Waals surface area contributed by atoms with Gasteiger partial charge in [0.15, 0.2) is 0 Å². The number of carboxylic acid groups (broad SMARTS) is 3. The molecule has 0 radical (unpaired) electrons. The summed E-state index contributed by atoms with van der Waals surface area (Å²) in [5.74, 6) is -8.47. The van der Waals surface area contributed by atoms with E-state index in [0.717, 1.165) is 159 Å². The maximum absolute atomic E-state index is 14.2. The number of benzene rings is 12. The molecule has 3 amide bonds. The highest BCUT2D eigenvalue weighted by molar-refractivity contribution is 7.89. The number of carboxylic acids is 3. The molecule has 25 nitrogen and oxygen atoms in total. The number of carbonyl (C=O) groups is 6. The second-order valence-electron chi connectivity index (χ2n) is 36.9. The number of carbonyl (C=O) groups excluding carboxylic acids is 3. The summed E-state index contributed by atoms with van der Waals surface area (Å²) >= 11 is 0. The summed E-state index contributed by atoms with van der Waals surface area (Å²) in [4.78, 5) is 80.8. The highest BCUT2D eigenvalue weighted by Gasteiger charge is 2.40. The van der Waals surface area contributed by atoms with Gasteiger partial charge in [-0.05, 0) is 219 Å². The lowest BCUT2D eigenvalue weighted by Crippen LogP contribution is -2.42. The zero-order valence-electron chi connectivity index (χ0n) is 80.7. The molecule has 0 aromatic heterocycles. The molecule has 3 aliphatic rings. The van der Waals surface area contributed by atoms with Crippen molar-refractivity contribution >= 4 is 82.8 Å². The standard InChI is InChI=1S/C37H36F4N2O6S.C37H37F3N2O7S.C37H40N2O6S/c1-24-7-16-31(17-8-24)50(48,49)42(22-28-13-14-29(38)19-33(28)37(39,40)41)23-35(45)43(30-15-18-32(36(46)47)34(44)20-30)21-25-9-11-27(12-10-25)26-5-3-2-4-6-26;1-25-11-18-31(19-12-25)50(47,48)41(23-29-9-5-6-10-34(29)49-37(38,39)40)24-35(44)42(30-17-20-32(36(45)46)33(43)21-30)22-26-13-15-28(16-14-26)27-7-3-2-4-8-27;1-26-8-12-28(13-9-26)23-38(46(44,45)33-19-10-27(2)11-20-33)25-36(41)39(32-18-21-34(37(42)43)35(40)22-32)24-29-14-16-31(17-15-29)30-6-4-3-5-7-30/h7-20,26,44H,2-6,21-23H2,1H3,(H,46,47);5-6,9-21,27,43H,2-4,7-8,22-24H2,1H3,(H,45,46);8-22,30,40H,3-7,23-25H2,1-2H3,(H,42,43). The lowest BCUT2D eigenvalue weighted by molar-refractivity contribution is -0.275. The van der Waals surface area contributed by atoms with Gasteiger partial charge in [0.1, 0.15) is 45.5 Å². The summed E-state index contributed by atoms with van der Waals surface area (Å²) in [6.07, 6.45) is 7.20. The smallest absolute Gasteiger partial charge is 0.507 e. The molecule has 768 valence electrons. The summed E-state index contributed by atoms with van der Waals surface area (Å²) in [7, 11) is -13.2. The van der Waals surface area contributed by atoms with Crippen LogP contribution >= 0.6 is 0 Å². The molecular formula is C111H113F7N6O19S3. The highest BCUT2D eigenvalue weighted by Crippen LogP contribution is 2.41. The van der Waals surface area contributed by atoms with Crippen molar-refractivity contribution in [1.82, 2.24) is 12.9 Å². The lowest BCUT2D eigenvalue weighted by Gasteiger charge is -2.29. The van der Waals surface area contributed by atoms with Gasteiger partial charge in [0, 0.05) is 60.5 Å². The third kappa shape index (κ3) is 28.8. The molecule has 3 aliphatic carbocycles. The van der Waals surface area contributed by atoms with Gasteiger partial charge in [-0.2, -0.15) is 26.1 Å². The fourth-order valence-corrected chi connectivity index (χ4v) is 22.3. The van der Waals surface area contributed by atoms with E-state index in [1.54, 1.807) is 38.1 Å². The van der Waals surface area contributed by atoms with E-state index >= 15 is 0 Å². The van der Waals surface area contributed by atoms with Crippen molar-refractivity contribution in [2.75, 3.05) is 34.3 Å². The second-order valence-corrected chi connectivity index (χ2v) is 42.7. The van der Waals surface area contributed by atoms with Crippen molar-refractivity contribution < 1.29 is 120 Å². The van der Waals surface area contributed by atoms with E-state index in [9.17, 15) is 115 Å². The molecule has 3 fully saturated rings. The van der Waals surface area contributed by atoms with Crippen molar-refractivity contribution in [1.29, 1.82) is 0 Å². The van der Waals surface area contributed by atoms with Gasteiger partial charge in [-0.1, -0.05) is 238 Å². The van der Waals surface area contributed by atoms with E-state index in [1.165, 1.54) is 150 Å². The molecule has 6 N–H and O–H groups in total. The fraction of sp³-hybridized carbons (Fsp3) is 0.297. The van der Waals surface area contributed by atoms with Gasteiger partial charge in [0.05, 0.1) is 59.5 Å². The molecule has 146 heavy (non-hydrogen) atoms. The Kier molecular flexibility index (Phi) is 36.1. The monoisotopic (exact) mass is 2060 g/mol. The minimum absolute atomic E-state index is 0.0271. The zero-order chi connectivity index (χ0) is 105. The van der Waals surface area contributed by atoms with Crippen molar-refractivity contribution in [3.8, 4) is 23.0 Å². The number of hydrogen-bond acceptors (Lipinski definition) is 16. The van der Waals surface area contributed by atoms with E-state index in [-0.39, 0.29) is 75.1 Å². The Morgan fingerprint density at radius 3 is 0.904 bits per heavy atom. The SMILES string of the molecule is Cc1ccc(CN(CC(=O)N(Cc2ccc(C3CCCCC3)cc2)c2ccc(C(=O)O)c(O)c2)S(=O)(=O)c2ccc(C)cc2)cc1.Cc1ccc(S(=O)(=O)N(CC(=O)N(Cc2ccc(C3CCCCC3)cc2)c2ccc(C(=O)O)c(O)c2)Cc2ccc(F)cc2C(F)(F)F)cc1.Cc1ccc(S(=O)(=O)N(CC(=O)N(Cc2ccc(C3CCCCC3)cc2)c2ccc(C(=O)O)c(O)c2)Cc2ccccc2OC(F)(F)F)cc1. The molecule has 15 rings (SSSR count). The molecular weight excluding hydrogens is 1950 g/mol. The van der Waals surface area contributed by atoms with Gasteiger partial charge >= 0.3 is 30.4 Å². The van der Waals surface area contributed by atoms with Gasteiger partial charge in [-0.25, -0.2) is 44.0 Å². The van der Waals surface area contributed by atoms with E-state index < -0.39 is 162 Å². The first-order valence-corrected chi connectivity index (χ1v) is 52.0. The number of nitrogens with zero attached hydrogens (tertiary/aromatic N) is 6. The molecule has 12 aromatic carbocycles. The first kappa shape index (κ1) is 109. The third-order valence-electron chi connectivity index (χ3n) is 26.3. The van der Waals surface area contributed by atoms with Crippen LogP contribution in [0.1, 0.15) is 223 Å². The quantitative estimate of drug-likeness (QED) is 0.0204. The Bertz CT molecular complexity index is 6990. The normalized spacial score (nSPS) is 14.0. The van der Waals surface area contributed by atoms with E-state index in [2.05, 4.69) is 16.9 Å². The number of ether oxygens (including phenoxy) is 1. The Morgan fingerprint density at radius 2 is 0.610 bits per heavy atom. The van der Waals surface area contributed by atoms with Crippen molar-refractivity contribution in [3.63, 3.8) is 0 Å². The summed E-state index contributed by atoms with van der Waals surface area (Å²) in [6, 6.07) is 66.5. The first-order chi connectivity index (χ1) is 69.3. The molecule has 35 heteroatoms. The van der Waals surface area contributed by atoms with E-state index in [1.807, 2.05) is 98.8 Å². The molecule has 0 aliphatic heterocycles. The van der Waals surface area contributed by atoms with Crippen molar-refractivity contribution in [2.24, 2.45) is 0 Å². The Hall–Kier alpha value is -14.1. The Balaban J connectivity index is 0.000000183. The van der Waals surface area contributed by atoms with Crippen LogP contribution in [-0.4, -0.2) is 130 Å². The van der Waals surface area contributed by atoms with Crippen LogP contribution in [0.15, 0.2) is 282 Å². The number of phenols is 3. The van der Waals surface area contributed by atoms with Crippen LogP contribution < -0.4 is 19.4 Å². The van der Waals surface area contributed by atoms with Crippen LogP contribution in [0, 0.1) is 33.5 Å². The number of halogens is 7. The number of aromatic hydroxyl groups is 3. The van der Waals surface area contributed by atoms with E-state index in [4.69, 9.17) is 0 Å². The van der Waals surface area contributed by atoms with Gasteiger partial charge < -0.3 is 50.1 Å². The van der Waals surface area contributed by atoms with Crippen LogP contribution in [0.2, 0.25) is 0 Å². The van der Waals surface area contributed by atoms with Gasteiger partial charge in [0.25, 0.3) is 0 Å². The summed E-state index contributed by atoms with van der Waals surface area (Å²) < 4.78 is 186. The van der Waals surface area contributed by atoms with Crippen LogP contribution in [0.5, 0.6) is 23.0 Å². The largest absolute Gasteiger partial charge is 0.573 e. The number of aromatic carboxylic acids is 3. The number of aryl methyl sites for hydroxylation is 4. The topological polar surface area (TPSA) is 355 Å². The molecule has 3 saturated carbocycles. The number of amides is 3. The summed E-state index contributed by atoms with van der Waals surface area (Å²) in [5, 5.41) is 59.8. The molecule has 0 spiro atoms. The van der Waals surface area contributed by atoms with Gasteiger partial charge in [-0.15, -0.1) is 13.2 Å². The molecule has 0 saturated heterocycles. The minimum Gasteiger partial charge on any atom is -0.507 e.